The number of likely N-dealkylation sites (tertiary alicyclic amines) is 1. The van der Waals surface area contributed by atoms with Gasteiger partial charge in [0, 0.05) is 23.6 Å². The lowest BCUT2D eigenvalue weighted by Gasteiger charge is -2.25. The molecule has 0 radical (unpaired) electrons. The van der Waals surface area contributed by atoms with Gasteiger partial charge in [-0.3, -0.25) is 4.79 Å². The second kappa shape index (κ2) is 7.10. The van der Waals surface area contributed by atoms with Gasteiger partial charge in [0.05, 0.1) is 25.8 Å². The number of ether oxygens (including phenoxy) is 1. The Labute approximate surface area is 159 Å². The molecule has 0 saturated carbocycles. The summed E-state index contributed by atoms with van der Waals surface area (Å²) in [7, 11) is 1.63. The number of carbonyl (C=O) groups is 1. The Morgan fingerprint density at radius 2 is 2.04 bits per heavy atom. The van der Waals surface area contributed by atoms with E-state index in [4.69, 9.17) is 9.15 Å². The third-order valence-corrected chi connectivity index (χ3v) is 5.69. The maximum atomic E-state index is 13.1. The topological polar surface area (TPSA) is 42.7 Å². The van der Waals surface area contributed by atoms with E-state index in [1.54, 1.807) is 13.4 Å². The highest BCUT2D eigenvalue weighted by Crippen LogP contribution is 2.34. The molecule has 1 atom stereocenters. The Bertz CT molecular complexity index is 988. The number of furan rings is 1. The summed E-state index contributed by atoms with van der Waals surface area (Å²) in [4.78, 5) is 15.1. The van der Waals surface area contributed by atoms with Crippen molar-refractivity contribution < 1.29 is 13.9 Å². The van der Waals surface area contributed by atoms with Crippen molar-refractivity contribution in [2.45, 2.75) is 39.2 Å². The number of hydrogen-bond acceptors (Lipinski definition) is 3. The van der Waals surface area contributed by atoms with E-state index in [1.165, 1.54) is 16.7 Å². The first-order valence-electron chi connectivity index (χ1n) is 9.47. The quantitative estimate of drug-likeness (QED) is 0.658. The van der Waals surface area contributed by atoms with Crippen LogP contribution < -0.4 is 4.74 Å². The highest BCUT2D eigenvalue weighted by Gasteiger charge is 2.30. The largest absolute Gasteiger partial charge is 0.497 e. The summed E-state index contributed by atoms with van der Waals surface area (Å²) in [6.45, 7) is 5.07. The molecule has 0 spiro atoms. The molecule has 1 aliphatic heterocycles. The molecule has 4 rings (SSSR count). The number of rotatable bonds is 4. The van der Waals surface area contributed by atoms with E-state index in [0.29, 0.717) is 6.42 Å². The number of aryl methyl sites for hydroxylation is 2. The number of benzene rings is 2. The summed E-state index contributed by atoms with van der Waals surface area (Å²) < 4.78 is 10.9. The summed E-state index contributed by atoms with van der Waals surface area (Å²) in [5.74, 6) is 0.915. The Morgan fingerprint density at radius 1 is 1.19 bits per heavy atom. The summed E-state index contributed by atoms with van der Waals surface area (Å²) in [6.07, 6.45) is 4.13. The van der Waals surface area contributed by atoms with E-state index in [1.807, 2.05) is 23.1 Å². The highest BCUT2D eigenvalue weighted by molar-refractivity contribution is 5.88. The van der Waals surface area contributed by atoms with Crippen molar-refractivity contribution in [3.63, 3.8) is 0 Å². The smallest absolute Gasteiger partial charge is 0.227 e. The highest BCUT2D eigenvalue weighted by atomic mass is 16.5. The van der Waals surface area contributed by atoms with Crippen molar-refractivity contribution in [1.82, 2.24) is 4.90 Å². The molecule has 4 nitrogen and oxygen atoms in total. The predicted octanol–water partition coefficient (Wildman–Crippen LogP) is 4.96. The van der Waals surface area contributed by atoms with Gasteiger partial charge in [-0.1, -0.05) is 18.2 Å². The Hall–Kier alpha value is -2.75. The minimum atomic E-state index is 0.161. The van der Waals surface area contributed by atoms with Gasteiger partial charge >= 0.3 is 0 Å². The molecule has 2 heterocycles. The summed E-state index contributed by atoms with van der Waals surface area (Å²) >= 11 is 0. The van der Waals surface area contributed by atoms with Crippen LogP contribution >= 0.6 is 0 Å². The van der Waals surface area contributed by atoms with E-state index >= 15 is 0 Å². The molecular weight excluding hydrogens is 338 g/mol. The van der Waals surface area contributed by atoms with Crippen LogP contribution in [0.2, 0.25) is 0 Å². The average Bonchev–Trinajstić information content (AvgIpc) is 3.31. The van der Waals surface area contributed by atoms with Crippen LogP contribution in [0.4, 0.5) is 0 Å². The zero-order valence-electron chi connectivity index (χ0n) is 16.1. The van der Waals surface area contributed by atoms with E-state index in [-0.39, 0.29) is 11.9 Å². The molecule has 1 saturated heterocycles. The summed E-state index contributed by atoms with van der Waals surface area (Å²) in [5.41, 5.74) is 5.50. The third-order valence-electron chi connectivity index (χ3n) is 5.69. The molecule has 1 unspecified atom stereocenters. The molecule has 0 N–H and O–H groups in total. The first kappa shape index (κ1) is 17.7. The van der Waals surface area contributed by atoms with Crippen LogP contribution in [-0.2, 0) is 11.2 Å². The molecule has 3 aromatic rings. The fraction of sp³-hybridized carbons (Fsp3) is 0.348. The zero-order chi connectivity index (χ0) is 19.0. The van der Waals surface area contributed by atoms with E-state index in [0.717, 1.165) is 41.7 Å². The maximum absolute atomic E-state index is 13.1. The lowest BCUT2D eigenvalue weighted by Crippen LogP contribution is -2.31. The normalized spacial score (nSPS) is 16.9. The molecule has 1 aliphatic rings. The van der Waals surface area contributed by atoms with Crippen LogP contribution in [0.1, 0.15) is 41.1 Å². The third kappa shape index (κ3) is 3.32. The minimum Gasteiger partial charge on any atom is -0.497 e. The van der Waals surface area contributed by atoms with Gasteiger partial charge in [0.2, 0.25) is 5.91 Å². The van der Waals surface area contributed by atoms with Crippen molar-refractivity contribution in [3.8, 4) is 5.75 Å². The van der Waals surface area contributed by atoms with Crippen LogP contribution in [0, 0.1) is 13.8 Å². The van der Waals surface area contributed by atoms with Crippen LogP contribution in [0.3, 0.4) is 0 Å². The predicted molar refractivity (Wildman–Crippen MR) is 106 cm³/mol. The lowest BCUT2D eigenvalue weighted by molar-refractivity contribution is -0.131. The number of methoxy groups -OCH3 is 1. The summed E-state index contributed by atoms with van der Waals surface area (Å²) in [5, 5.41) is 0.978. The monoisotopic (exact) mass is 363 g/mol. The van der Waals surface area contributed by atoms with Gasteiger partial charge in [-0.05, 0) is 55.5 Å². The summed E-state index contributed by atoms with van der Waals surface area (Å²) in [6, 6.07) is 12.4. The Kier molecular flexibility index (Phi) is 4.65. The fourth-order valence-corrected chi connectivity index (χ4v) is 3.98. The molecule has 2 aromatic carbocycles. The van der Waals surface area contributed by atoms with Crippen molar-refractivity contribution in [3.05, 3.63) is 64.9 Å². The second-order valence-electron chi connectivity index (χ2n) is 7.39. The molecule has 27 heavy (non-hydrogen) atoms. The van der Waals surface area contributed by atoms with Crippen LogP contribution in [0.15, 0.2) is 47.1 Å². The van der Waals surface area contributed by atoms with Crippen LogP contribution in [-0.4, -0.2) is 24.5 Å². The van der Waals surface area contributed by atoms with Crippen molar-refractivity contribution >= 4 is 16.9 Å². The SMILES string of the molecule is COc1ccc2c(CC(=O)N3CCCC3c3ccc(C)c(C)c3)coc2c1. The Morgan fingerprint density at radius 3 is 2.81 bits per heavy atom. The zero-order valence-corrected chi connectivity index (χ0v) is 16.1. The molecule has 0 aliphatic carbocycles. The van der Waals surface area contributed by atoms with Crippen LogP contribution in [0.5, 0.6) is 5.75 Å². The number of fused-ring (bicyclic) bond motifs is 1. The molecule has 140 valence electrons. The van der Waals surface area contributed by atoms with Crippen molar-refractivity contribution in [1.29, 1.82) is 0 Å². The van der Waals surface area contributed by atoms with Crippen molar-refractivity contribution in [2.75, 3.05) is 13.7 Å². The fourth-order valence-electron chi connectivity index (χ4n) is 3.98. The van der Waals surface area contributed by atoms with Gasteiger partial charge in [-0.25, -0.2) is 0 Å². The van der Waals surface area contributed by atoms with Crippen molar-refractivity contribution in [2.24, 2.45) is 0 Å². The first-order valence-corrected chi connectivity index (χ1v) is 9.47. The van der Waals surface area contributed by atoms with E-state index < -0.39 is 0 Å². The number of amides is 1. The average molecular weight is 363 g/mol. The van der Waals surface area contributed by atoms with Gasteiger partial charge in [0.25, 0.3) is 0 Å². The van der Waals surface area contributed by atoms with E-state index in [2.05, 4.69) is 32.0 Å². The lowest BCUT2D eigenvalue weighted by atomic mass is 9.99. The van der Waals surface area contributed by atoms with Gasteiger partial charge < -0.3 is 14.1 Å². The van der Waals surface area contributed by atoms with E-state index in [9.17, 15) is 4.79 Å². The molecule has 4 heteroatoms. The molecule has 0 bridgehead atoms. The van der Waals surface area contributed by atoms with Gasteiger partial charge in [-0.15, -0.1) is 0 Å². The number of hydrogen-bond donors (Lipinski definition) is 0. The Balaban J connectivity index is 1.56. The first-order chi connectivity index (χ1) is 13.1. The standard InChI is InChI=1S/C23H25NO3/c1-15-6-7-17(11-16(15)2)21-5-4-10-24(21)23(25)12-18-14-27-22-13-19(26-3)8-9-20(18)22/h6-9,11,13-14,21H,4-5,10,12H2,1-3H3. The van der Waals surface area contributed by atoms with Gasteiger partial charge in [0.15, 0.2) is 0 Å². The van der Waals surface area contributed by atoms with Gasteiger partial charge in [-0.2, -0.15) is 0 Å². The molecule has 1 fully saturated rings. The number of carbonyl (C=O) groups excluding carboxylic acids is 1. The molecular formula is C23H25NO3. The van der Waals surface area contributed by atoms with Crippen LogP contribution in [0.25, 0.3) is 11.0 Å². The molecule has 1 aromatic heterocycles. The molecule has 1 amide bonds. The number of nitrogens with zero attached hydrogens (tertiary/aromatic N) is 1. The van der Waals surface area contributed by atoms with Gasteiger partial charge in [0.1, 0.15) is 11.3 Å². The minimum absolute atomic E-state index is 0.161. The maximum Gasteiger partial charge on any atom is 0.227 e. The second-order valence-corrected chi connectivity index (χ2v) is 7.39.